The van der Waals surface area contributed by atoms with Crippen LogP contribution in [0, 0.1) is 5.92 Å². The number of primary amides is 1. The second-order valence-corrected chi connectivity index (χ2v) is 5.57. The molecule has 0 spiro atoms. The molecule has 0 saturated carbocycles. The molecule has 2 amide bonds. The van der Waals surface area contributed by atoms with Crippen LogP contribution in [0.5, 0.6) is 5.75 Å². The van der Waals surface area contributed by atoms with Gasteiger partial charge in [-0.05, 0) is 37.1 Å². The summed E-state index contributed by atoms with van der Waals surface area (Å²) in [5, 5.41) is 2.69. The lowest BCUT2D eigenvalue weighted by atomic mass is 9.97. The number of benzene rings is 1. The minimum absolute atomic E-state index is 0.0314. The Morgan fingerprint density at radius 3 is 2.65 bits per heavy atom. The van der Waals surface area contributed by atoms with E-state index in [4.69, 9.17) is 5.73 Å². The normalized spacial score (nSPS) is 21.0. The molecule has 1 saturated heterocycles. The van der Waals surface area contributed by atoms with Crippen molar-refractivity contribution >= 4 is 17.5 Å². The summed E-state index contributed by atoms with van der Waals surface area (Å²) in [6, 6.07) is 5.71. The van der Waals surface area contributed by atoms with E-state index in [-0.39, 0.29) is 30.0 Å². The highest BCUT2D eigenvalue weighted by molar-refractivity contribution is 5.91. The SMILES string of the molecule is NC(=O)[C@H]1CCC[NH+](CC(=O)Nc2ccc(OC(F)F)cc2)C1. The molecule has 1 aliphatic heterocycles. The first-order chi connectivity index (χ1) is 10.9. The van der Waals surface area contributed by atoms with Crippen molar-refractivity contribution in [2.75, 3.05) is 25.0 Å². The first-order valence-corrected chi connectivity index (χ1v) is 7.41. The van der Waals surface area contributed by atoms with Gasteiger partial charge in [0.15, 0.2) is 6.54 Å². The summed E-state index contributed by atoms with van der Waals surface area (Å²) in [7, 11) is 0. The summed E-state index contributed by atoms with van der Waals surface area (Å²) in [6.07, 6.45) is 1.63. The van der Waals surface area contributed by atoms with Crippen molar-refractivity contribution in [1.29, 1.82) is 0 Å². The van der Waals surface area contributed by atoms with Gasteiger partial charge in [-0.25, -0.2) is 0 Å². The maximum atomic E-state index is 12.1. The number of alkyl halides is 2. The van der Waals surface area contributed by atoms with E-state index in [2.05, 4.69) is 10.1 Å². The predicted molar refractivity (Wildman–Crippen MR) is 79.2 cm³/mol. The second kappa shape index (κ2) is 7.87. The van der Waals surface area contributed by atoms with Crippen molar-refractivity contribution in [2.24, 2.45) is 11.7 Å². The minimum Gasteiger partial charge on any atom is -0.435 e. The van der Waals surface area contributed by atoms with Crippen LogP contribution in [-0.2, 0) is 9.59 Å². The summed E-state index contributed by atoms with van der Waals surface area (Å²) >= 11 is 0. The lowest BCUT2D eigenvalue weighted by Crippen LogP contribution is -3.14. The summed E-state index contributed by atoms with van der Waals surface area (Å²) in [6.45, 7) is -1.27. The number of piperidine rings is 1. The van der Waals surface area contributed by atoms with Crippen LogP contribution in [0.25, 0.3) is 0 Å². The third kappa shape index (κ3) is 5.48. The van der Waals surface area contributed by atoms with Crippen molar-refractivity contribution in [3.63, 3.8) is 0 Å². The molecule has 1 aromatic carbocycles. The Labute approximate surface area is 132 Å². The fraction of sp³-hybridized carbons (Fsp3) is 0.467. The number of carbonyl (C=O) groups is 2. The third-order valence-corrected chi connectivity index (χ3v) is 3.79. The molecule has 2 rings (SSSR count). The number of ether oxygens (including phenoxy) is 1. The molecular weight excluding hydrogens is 308 g/mol. The Morgan fingerprint density at radius 1 is 1.35 bits per heavy atom. The van der Waals surface area contributed by atoms with Crippen molar-refractivity contribution in [1.82, 2.24) is 0 Å². The van der Waals surface area contributed by atoms with Gasteiger partial charge >= 0.3 is 6.61 Å². The van der Waals surface area contributed by atoms with Crippen molar-refractivity contribution in [3.05, 3.63) is 24.3 Å². The van der Waals surface area contributed by atoms with Gasteiger partial charge in [0.25, 0.3) is 5.91 Å². The Balaban J connectivity index is 1.83. The molecule has 2 atom stereocenters. The molecule has 4 N–H and O–H groups in total. The van der Waals surface area contributed by atoms with E-state index in [1.54, 1.807) is 0 Å². The molecule has 0 radical (unpaired) electrons. The summed E-state index contributed by atoms with van der Waals surface area (Å²) in [5.41, 5.74) is 5.81. The standard InChI is InChI=1S/C15H19F2N3O3/c16-15(17)23-12-5-3-11(4-6-12)19-13(21)9-20-7-1-2-10(8-20)14(18)22/h3-6,10,15H,1-2,7-9H2,(H2,18,22)(H,19,21)/p+1/t10-/m0/s1. The molecule has 1 fully saturated rings. The molecule has 1 heterocycles. The first kappa shape index (κ1) is 17.1. The number of rotatable bonds is 6. The van der Waals surface area contributed by atoms with Gasteiger partial charge in [-0.2, -0.15) is 8.78 Å². The van der Waals surface area contributed by atoms with E-state index >= 15 is 0 Å². The molecule has 1 aliphatic rings. The van der Waals surface area contributed by atoms with E-state index < -0.39 is 6.61 Å². The number of halogens is 2. The highest BCUT2D eigenvalue weighted by atomic mass is 19.3. The van der Waals surface area contributed by atoms with Gasteiger partial charge < -0.3 is 20.7 Å². The second-order valence-electron chi connectivity index (χ2n) is 5.57. The van der Waals surface area contributed by atoms with Gasteiger partial charge in [0, 0.05) is 5.69 Å². The van der Waals surface area contributed by atoms with Crippen molar-refractivity contribution in [3.8, 4) is 5.75 Å². The Bertz CT molecular complexity index is 551. The number of carbonyl (C=O) groups excluding carboxylic acids is 2. The third-order valence-electron chi connectivity index (χ3n) is 3.79. The Morgan fingerprint density at radius 2 is 2.04 bits per heavy atom. The largest absolute Gasteiger partial charge is 0.435 e. The topological polar surface area (TPSA) is 85.9 Å². The molecule has 1 unspecified atom stereocenters. The van der Waals surface area contributed by atoms with Crippen LogP contribution in [0.4, 0.5) is 14.5 Å². The number of hydrogen-bond donors (Lipinski definition) is 3. The molecule has 6 nitrogen and oxygen atoms in total. The smallest absolute Gasteiger partial charge is 0.387 e. The van der Waals surface area contributed by atoms with Gasteiger partial charge in [-0.1, -0.05) is 0 Å². The zero-order chi connectivity index (χ0) is 16.8. The number of quaternary nitrogens is 1. The van der Waals surface area contributed by atoms with E-state index in [9.17, 15) is 18.4 Å². The van der Waals surface area contributed by atoms with Crippen LogP contribution < -0.4 is 20.7 Å². The lowest BCUT2D eigenvalue weighted by Gasteiger charge is -2.27. The highest BCUT2D eigenvalue weighted by Crippen LogP contribution is 2.17. The number of anilines is 1. The van der Waals surface area contributed by atoms with Crippen LogP contribution in [0.15, 0.2) is 24.3 Å². The molecule has 0 aromatic heterocycles. The van der Waals surface area contributed by atoms with Crippen LogP contribution >= 0.6 is 0 Å². The molecule has 0 aliphatic carbocycles. The highest BCUT2D eigenvalue weighted by Gasteiger charge is 2.28. The molecule has 126 valence electrons. The molecule has 23 heavy (non-hydrogen) atoms. The summed E-state index contributed by atoms with van der Waals surface area (Å²) < 4.78 is 28.3. The van der Waals surface area contributed by atoms with Crippen molar-refractivity contribution < 1.29 is 28.0 Å². The fourth-order valence-electron chi connectivity index (χ4n) is 2.71. The minimum atomic E-state index is -2.88. The van der Waals surface area contributed by atoms with Gasteiger partial charge in [-0.15, -0.1) is 0 Å². The maximum Gasteiger partial charge on any atom is 0.387 e. The molecule has 0 bridgehead atoms. The number of hydrogen-bond acceptors (Lipinski definition) is 3. The van der Waals surface area contributed by atoms with E-state index in [0.29, 0.717) is 12.2 Å². The van der Waals surface area contributed by atoms with E-state index in [0.717, 1.165) is 24.3 Å². The Hall–Kier alpha value is -2.22. The van der Waals surface area contributed by atoms with Crippen LogP contribution in [0.1, 0.15) is 12.8 Å². The number of amides is 2. The summed E-state index contributed by atoms with van der Waals surface area (Å²) in [4.78, 5) is 24.3. The number of likely N-dealkylation sites (tertiary alicyclic amines) is 1. The molecule has 1 aromatic rings. The molecule has 8 heteroatoms. The van der Waals surface area contributed by atoms with Gasteiger partial charge in [-0.3, -0.25) is 9.59 Å². The lowest BCUT2D eigenvalue weighted by molar-refractivity contribution is -0.899. The fourth-order valence-corrected chi connectivity index (χ4v) is 2.71. The van der Waals surface area contributed by atoms with E-state index in [1.165, 1.54) is 24.3 Å². The van der Waals surface area contributed by atoms with E-state index in [1.807, 2.05) is 0 Å². The molecular formula is C15H20F2N3O3+. The summed E-state index contributed by atoms with van der Waals surface area (Å²) in [5.74, 6) is -0.675. The zero-order valence-electron chi connectivity index (χ0n) is 12.6. The maximum absolute atomic E-state index is 12.1. The quantitative estimate of drug-likeness (QED) is 0.687. The monoisotopic (exact) mass is 328 g/mol. The van der Waals surface area contributed by atoms with Gasteiger partial charge in [0.1, 0.15) is 5.75 Å². The van der Waals surface area contributed by atoms with Crippen LogP contribution in [0.2, 0.25) is 0 Å². The van der Waals surface area contributed by atoms with Crippen LogP contribution in [-0.4, -0.2) is 38.1 Å². The van der Waals surface area contributed by atoms with Crippen molar-refractivity contribution in [2.45, 2.75) is 19.5 Å². The number of nitrogens with two attached hydrogens (primary N) is 1. The van der Waals surface area contributed by atoms with Gasteiger partial charge in [0.2, 0.25) is 5.91 Å². The zero-order valence-corrected chi connectivity index (χ0v) is 12.6. The predicted octanol–water partition coefficient (Wildman–Crippen LogP) is 0.00670. The first-order valence-electron chi connectivity index (χ1n) is 7.41. The number of nitrogens with one attached hydrogen (secondary N) is 2. The average Bonchev–Trinajstić information content (AvgIpc) is 2.49. The van der Waals surface area contributed by atoms with Gasteiger partial charge in [0.05, 0.1) is 19.0 Å². The Kier molecular flexibility index (Phi) is 5.86. The van der Waals surface area contributed by atoms with Crippen LogP contribution in [0.3, 0.4) is 0 Å². The average molecular weight is 328 g/mol.